The minimum absolute atomic E-state index is 0.000771. The summed E-state index contributed by atoms with van der Waals surface area (Å²) in [6, 6.07) is 26.2. The van der Waals surface area contributed by atoms with Crippen LogP contribution in [0.1, 0.15) is 30.5 Å². The number of rotatable bonds is 14. The molecule has 0 aliphatic rings. The van der Waals surface area contributed by atoms with Crippen LogP contribution in [0.4, 0.5) is 5.69 Å². The molecule has 0 radical (unpaired) electrons. The first-order chi connectivity index (χ1) is 22.4. The standard InChI is InChI=1S/C36H39Cl2N3O5S/c1-25(2)22-39-36(43)33(20-27-11-7-5-8-12-27)40(23-28-16-17-29(37)21-31(28)38)35(42)24-41(32-19-26(3)15-18-34(32)46-4)47(44,45)30-13-9-6-10-14-30/h5-19,21,25,33H,20,22-24H2,1-4H3,(H,39,43)/t33-/m1/s1. The van der Waals surface area contributed by atoms with Gasteiger partial charge in [-0.3, -0.25) is 13.9 Å². The molecular formula is C36H39Cl2N3O5S. The Bertz CT molecular complexity index is 1790. The molecule has 8 nitrogen and oxygen atoms in total. The van der Waals surface area contributed by atoms with E-state index in [0.717, 1.165) is 15.4 Å². The monoisotopic (exact) mass is 695 g/mol. The topological polar surface area (TPSA) is 96.0 Å². The van der Waals surface area contributed by atoms with Gasteiger partial charge in [-0.1, -0.05) is 97.7 Å². The summed E-state index contributed by atoms with van der Waals surface area (Å²) >= 11 is 12.8. The van der Waals surface area contributed by atoms with Crippen LogP contribution in [0.5, 0.6) is 5.75 Å². The fourth-order valence-electron chi connectivity index (χ4n) is 5.04. The number of hydrogen-bond donors (Lipinski definition) is 1. The molecule has 0 aliphatic heterocycles. The van der Waals surface area contributed by atoms with E-state index in [1.165, 1.54) is 24.1 Å². The summed E-state index contributed by atoms with van der Waals surface area (Å²) in [6.45, 7) is 5.47. The van der Waals surface area contributed by atoms with E-state index in [1.54, 1.807) is 54.6 Å². The zero-order valence-corrected chi connectivity index (χ0v) is 29.1. The molecule has 4 rings (SSSR count). The van der Waals surface area contributed by atoms with E-state index in [-0.39, 0.29) is 41.1 Å². The van der Waals surface area contributed by atoms with E-state index in [2.05, 4.69) is 5.32 Å². The van der Waals surface area contributed by atoms with Gasteiger partial charge in [0.05, 0.1) is 17.7 Å². The van der Waals surface area contributed by atoms with Crippen molar-refractivity contribution in [2.45, 2.75) is 44.7 Å². The number of ether oxygens (including phenoxy) is 1. The zero-order chi connectivity index (χ0) is 34.1. The highest BCUT2D eigenvalue weighted by Gasteiger charge is 2.36. The zero-order valence-electron chi connectivity index (χ0n) is 26.8. The molecule has 47 heavy (non-hydrogen) atoms. The van der Waals surface area contributed by atoms with Crippen molar-refractivity contribution in [3.63, 3.8) is 0 Å². The fourth-order valence-corrected chi connectivity index (χ4v) is 6.94. The summed E-state index contributed by atoms with van der Waals surface area (Å²) in [4.78, 5) is 30.0. The first kappa shape index (κ1) is 35.8. The Labute approximate surface area is 287 Å². The van der Waals surface area contributed by atoms with Crippen molar-refractivity contribution >= 4 is 50.7 Å². The normalized spacial score (nSPS) is 12.0. The summed E-state index contributed by atoms with van der Waals surface area (Å²) in [5.41, 5.74) is 2.33. The van der Waals surface area contributed by atoms with E-state index in [0.29, 0.717) is 22.2 Å². The lowest BCUT2D eigenvalue weighted by Gasteiger charge is -2.34. The Morgan fingerprint density at radius 1 is 0.894 bits per heavy atom. The van der Waals surface area contributed by atoms with Gasteiger partial charge in [0, 0.05) is 29.6 Å². The van der Waals surface area contributed by atoms with Crippen LogP contribution in [0.2, 0.25) is 10.0 Å². The van der Waals surface area contributed by atoms with E-state index in [9.17, 15) is 18.0 Å². The predicted molar refractivity (Wildman–Crippen MR) is 187 cm³/mol. The van der Waals surface area contributed by atoms with Crippen LogP contribution in [0.15, 0.2) is 102 Å². The Morgan fingerprint density at radius 2 is 1.55 bits per heavy atom. The fraction of sp³-hybridized carbons (Fsp3) is 0.278. The van der Waals surface area contributed by atoms with Gasteiger partial charge in [0.25, 0.3) is 10.0 Å². The summed E-state index contributed by atoms with van der Waals surface area (Å²) in [7, 11) is -2.85. The van der Waals surface area contributed by atoms with E-state index >= 15 is 0 Å². The Hall–Kier alpha value is -4.05. The molecule has 0 saturated heterocycles. The average Bonchev–Trinajstić information content (AvgIpc) is 3.05. The third-order valence-electron chi connectivity index (χ3n) is 7.52. The molecule has 2 amide bonds. The van der Waals surface area contributed by atoms with E-state index in [4.69, 9.17) is 27.9 Å². The number of benzene rings is 4. The van der Waals surface area contributed by atoms with Gasteiger partial charge < -0.3 is 15.0 Å². The first-order valence-corrected chi connectivity index (χ1v) is 17.4. The van der Waals surface area contributed by atoms with Gasteiger partial charge in [-0.05, 0) is 65.9 Å². The minimum Gasteiger partial charge on any atom is -0.495 e. The maximum Gasteiger partial charge on any atom is 0.264 e. The Balaban J connectivity index is 1.86. The minimum atomic E-state index is -4.28. The van der Waals surface area contributed by atoms with E-state index < -0.39 is 28.5 Å². The van der Waals surface area contributed by atoms with Crippen molar-refractivity contribution in [2.75, 3.05) is 24.5 Å². The molecule has 4 aromatic carbocycles. The molecule has 0 saturated carbocycles. The highest BCUT2D eigenvalue weighted by Crippen LogP contribution is 2.34. The van der Waals surface area contributed by atoms with Crippen LogP contribution in [-0.2, 0) is 32.6 Å². The van der Waals surface area contributed by atoms with Gasteiger partial charge in [0.1, 0.15) is 18.3 Å². The van der Waals surface area contributed by atoms with Crippen LogP contribution in [0, 0.1) is 12.8 Å². The predicted octanol–water partition coefficient (Wildman–Crippen LogP) is 6.92. The second-order valence-electron chi connectivity index (χ2n) is 11.6. The van der Waals surface area contributed by atoms with Gasteiger partial charge in [-0.2, -0.15) is 0 Å². The lowest BCUT2D eigenvalue weighted by molar-refractivity contribution is -0.140. The molecule has 0 heterocycles. The number of anilines is 1. The highest BCUT2D eigenvalue weighted by molar-refractivity contribution is 7.92. The van der Waals surface area contributed by atoms with Crippen molar-refractivity contribution in [3.05, 3.63) is 124 Å². The Kier molecular flexibility index (Phi) is 12.3. The molecule has 4 aromatic rings. The number of nitrogens with zero attached hydrogens (tertiary/aromatic N) is 2. The van der Waals surface area contributed by atoms with Crippen LogP contribution < -0.4 is 14.4 Å². The highest BCUT2D eigenvalue weighted by atomic mass is 35.5. The van der Waals surface area contributed by atoms with Gasteiger partial charge in [0.2, 0.25) is 11.8 Å². The molecule has 1 atom stereocenters. The van der Waals surface area contributed by atoms with Gasteiger partial charge >= 0.3 is 0 Å². The number of halogens is 2. The second kappa shape index (κ2) is 16.2. The lowest BCUT2D eigenvalue weighted by atomic mass is 10.0. The van der Waals surface area contributed by atoms with Crippen LogP contribution in [0.3, 0.4) is 0 Å². The molecule has 0 spiro atoms. The number of nitrogens with one attached hydrogen (secondary N) is 1. The summed E-state index contributed by atoms with van der Waals surface area (Å²) < 4.78 is 35.2. The molecule has 248 valence electrons. The lowest BCUT2D eigenvalue weighted by Crippen LogP contribution is -2.53. The number of carbonyl (C=O) groups is 2. The van der Waals surface area contributed by atoms with Crippen molar-refractivity contribution in [2.24, 2.45) is 5.92 Å². The second-order valence-corrected chi connectivity index (χ2v) is 14.3. The first-order valence-electron chi connectivity index (χ1n) is 15.2. The molecule has 0 fully saturated rings. The van der Waals surface area contributed by atoms with Crippen molar-refractivity contribution < 1.29 is 22.7 Å². The van der Waals surface area contributed by atoms with Gasteiger partial charge in [-0.25, -0.2) is 8.42 Å². The molecule has 11 heteroatoms. The number of carbonyl (C=O) groups excluding carboxylic acids is 2. The number of amides is 2. The summed E-state index contributed by atoms with van der Waals surface area (Å²) in [5.74, 6) is -0.552. The number of sulfonamides is 1. The number of methoxy groups -OCH3 is 1. The summed E-state index contributed by atoms with van der Waals surface area (Å²) in [5, 5.41) is 3.70. The van der Waals surface area contributed by atoms with E-state index in [1.807, 2.05) is 51.1 Å². The van der Waals surface area contributed by atoms with Crippen LogP contribution in [0.25, 0.3) is 0 Å². The molecular weight excluding hydrogens is 657 g/mol. The molecule has 0 aliphatic carbocycles. The van der Waals surface area contributed by atoms with Gasteiger partial charge in [-0.15, -0.1) is 0 Å². The quantitative estimate of drug-likeness (QED) is 0.155. The smallest absolute Gasteiger partial charge is 0.264 e. The third kappa shape index (κ3) is 9.28. The molecule has 0 unspecified atom stereocenters. The van der Waals surface area contributed by atoms with Crippen LogP contribution in [-0.4, -0.2) is 51.4 Å². The van der Waals surface area contributed by atoms with Crippen molar-refractivity contribution in [1.29, 1.82) is 0 Å². The number of hydrogen-bond acceptors (Lipinski definition) is 5. The largest absolute Gasteiger partial charge is 0.495 e. The van der Waals surface area contributed by atoms with Crippen LogP contribution >= 0.6 is 23.2 Å². The average molecular weight is 697 g/mol. The Morgan fingerprint density at radius 3 is 2.17 bits per heavy atom. The number of aryl methyl sites for hydroxylation is 1. The third-order valence-corrected chi connectivity index (χ3v) is 9.89. The molecule has 1 N–H and O–H groups in total. The summed E-state index contributed by atoms with van der Waals surface area (Å²) in [6.07, 6.45) is 0.181. The van der Waals surface area contributed by atoms with Crippen molar-refractivity contribution in [1.82, 2.24) is 10.2 Å². The maximum absolute atomic E-state index is 14.7. The SMILES string of the molecule is COc1ccc(C)cc1N(CC(=O)N(Cc1ccc(Cl)cc1Cl)[C@H](Cc1ccccc1)C(=O)NCC(C)C)S(=O)(=O)c1ccccc1. The maximum atomic E-state index is 14.7. The molecule has 0 bridgehead atoms. The van der Waals surface area contributed by atoms with Crippen molar-refractivity contribution in [3.8, 4) is 5.75 Å². The van der Waals surface area contributed by atoms with Gasteiger partial charge in [0.15, 0.2) is 0 Å². The molecule has 0 aromatic heterocycles.